The van der Waals surface area contributed by atoms with Crippen LogP contribution in [0.4, 0.5) is 0 Å². The highest BCUT2D eigenvalue weighted by Gasteiger charge is 2.17. The number of likely N-dealkylation sites (N-methyl/N-ethyl adjacent to an activating group) is 1. The maximum atomic E-state index is 4.66. The van der Waals surface area contributed by atoms with Crippen molar-refractivity contribution in [1.29, 1.82) is 0 Å². The highest BCUT2D eigenvalue weighted by atomic mass is 32.1. The SMILES string of the molecule is CCc1cc(CC(NC)c2cc3sccc3s2)n(CC)n1. The van der Waals surface area contributed by atoms with E-state index in [9.17, 15) is 0 Å². The number of nitrogens with zero attached hydrogens (tertiary/aromatic N) is 2. The van der Waals surface area contributed by atoms with Crippen molar-refractivity contribution in [2.24, 2.45) is 0 Å². The van der Waals surface area contributed by atoms with E-state index < -0.39 is 0 Å². The Kier molecular flexibility index (Phi) is 4.42. The molecule has 0 aromatic carbocycles. The zero-order chi connectivity index (χ0) is 14.8. The Bertz CT molecular complexity index is 694. The van der Waals surface area contributed by atoms with Gasteiger partial charge in [-0.1, -0.05) is 6.92 Å². The molecule has 5 heteroatoms. The Balaban J connectivity index is 1.87. The van der Waals surface area contributed by atoms with Gasteiger partial charge in [0.25, 0.3) is 0 Å². The van der Waals surface area contributed by atoms with Crippen molar-refractivity contribution >= 4 is 32.1 Å². The van der Waals surface area contributed by atoms with E-state index in [1.807, 2.05) is 29.7 Å². The average molecular weight is 319 g/mol. The molecular weight excluding hydrogens is 298 g/mol. The summed E-state index contributed by atoms with van der Waals surface area (Å²) in [5, 5.41) is 10.3. The largest absolute Gasteiger partial charge is 0.312 e. The third-order valence-corrected chi connectivity index (χ3v) is 6.05. The first-order valence-corrected chi connectivity index (χ1v) is 9.14. The van der Waals surface area contributed by atoms with E-state index in [0.717, 1.165) is 19.4 Å². The summed E-state index contributed by atoms with van der Waals surface area (Å²) in [4.78, 5) is 1.42. The smallest absolute Gasteiger partial charge is 0.0624 e. The van der Waals surface area contributed by atoms with E-state index >= 15 is 0 Å². The van der Waals surface area contributed by atoms with Gasteiger partial charge >= 0.3 is 0 Å². The minimum absolute atomic E-state index is 0.362. The molecule has 0 saturated carbocycles. The lowest BCUT2D eigenvalue weighted by Crippen LogP contribution is -2.19. The third-order valence-electron chi connectivity index (χ3n) is 3.84. The molecule has 3 heterocycles. The van der Waals surface area contributed by atoms with Gasteiger partial charge < -0.3 is 5.32 Å². The van der Waals surface area contributed by atoms with Crippen molar-refractivity contribution in [3.05, 3.63) is 39.8 Å². The van der Waals surface area contributed by atoms with Crippen LogP contribution in [0.15, 0.2) is 23.6 Å². The lowest BCUT2D eigenvalue weighted by molar-refractivity contribution is 0.546. The molecule has 0 saturated heterocycles. The fraction of sp³-hybridized carbons (Fsp3) is 0.438. The van der Waals surface area contributed by atoms with Crippen LogP contribution in [0, 0.1) is 0 Å². The highest BCUT2D eigenvalue weighted by molar-refractivity contribution is 7.26. The molecule has 0 aliphatic carbocycles. The molecular formula is C16H21N3S2. The fourth-order valence-corrected chi connectivity index (χ4v) is 4.87. The molecule has 0 aliphatic rings. The first-order chi connectivity index (χ1) is 10.2. The molecule has 21 heavy (non-hydrogen) atoms. The van der Waals surface area contributed by atoms with Gasteiger partial charge in [-0.25, -0.2) is 0 Å². The van der Waals surface area contributed by atoms with Gasteiger partial charge in [0.15, 0.2) is 0 Å². The zero-order valence-electron chi connectivity index (χ0n) is 12.7. The van der Waals surface area contributed by atoms with Gasteiger partial charge in [-0.05, 0) is 44.0 Å². The molecule has 112 valence electrons. The summed E-state index contributed by atoms with van der Waals surface area (Å²) in [6.45, 7) is 5.26. The molecule has 3 rings (SSSR count). The van der Waals surface area contributed by atoms with Crippen LogP contribution < -0.4 is 5.32 Å². The second-order valence-electron chi connectivity index (χ2n) is 5.14. The molecule has 1 N–H and O–H groups in total. The lowest BCUT2D eigenvalue weighted by Gasteiger charge is -2.15. The standard InChI is InChI=1S/C16H21N3S2/c1-4-11-8-12(19(5-2)18-11)9-13(17-3)15-10-16-14(21-15)6-7-20-16/h6-8,10,13,17H,4-5,9H2,1-3H3. The van der Waals surface area contributed by atoms with Crippen LogP contribution in [0.25, 0.3) is 9.40 Å². The van der Waals surface area contributed by atoms with Gasteiger partial charge in [0.1, 0.15) is 0 Å². The van der Waals surface area contributed by atoms with E-state index in [1.54, 1.807) is 0 Å². The predicted molar refractivity (Wildman–Crippen MR) is 92.5 cm³/mol. The molecule has 0 amide bonds. The van der Waals surface area contributed by atoms with Crippen LogP contribution in [0.1, 0.15) is 36.2 Å². The molecule has 3 aromatic heterocycles. The van der Waals surface area contributed by atoms with Crippen molar-refractivity contribution < 1.29 is 0 Å². The van der Waals surface area contributed by atoms with Gasteiger partial charge in [-0.15, -0.1) is 22.7 Å². The van der Waals surface area contributed by atoms with Crippen LogP contribution in [0.2, 0.25) is 0 Å². The molecule has 3 nitrogen and oxygen atoms in total. The number of rotatable bonds is 6. The number of nitrogens with one attached hydrogen (secondary N) is 1. The first kappa shape index (κ1) is 14.8. The van der Waals surface area contributed by atoms with E-state index in [4.69, 9.17) is 0 Å². The Morgan fingerprint density at radius 2 is 2.14 bits per heavy atom. The molecule has 0 radical (unpaired) electrons. The Hall–Kier alpha value is -1.17. The van der Waals surface area contributed by atoms with Gasteiger partial charge in [-0.3, -0.25) is 4.68 Å². The van der Waals surface area contributed by atoms with Gasteiger partial charge in [0.2, 0.25) is 0 Å². The molecule has 0 aliphatic heterocycles. The zero-order valence-corrected chi connectivity index (χ0v) is 14.4. The second-order valence-corrected chi connectivity index (χ2v) is 7.20. The number of fused-ring (bicyclic) bond motifs is 1. The van der Waals surface area contributed by atoms with E-state index in [2.05, 4.69) is 52.5 Å². The minimum Gasteiger partial charge on any atom is -0.312 e. The number of hydrogen-bond acceptors (Lipinski definition) is 4. The van der Waals surface area contributed by atoms with Gasteiger partial charge in [0, 0.05) is 39.0 Å². The highest BCUT2D eigenvalue weighted by Crippen LogP contribution is 2.34. The Labute approximate surface area is 133 Å². The summed E-state index contributed by atoms with van der Waals surface area (Å²) in [6, 6.07) is 7.16. The summed E-state index contributed by atoms with van der Waals surface area (Å²) >= 11 is 3.72. The fourth-order valence-electron chi connectivity index (χ4n) is 2.64. The van der Waals surface area contributed by atoms with Crippen molar-refractivity contribution in [3.63, 3.8) is 0 Å². The maximum absolute atomic E-state index is 4.66. The Morgan fingerprint density at radius 1 is 1.29 bits per heavy atom. The molecule has 0 spiro atoms. The first-order valence-electron chi connectivity index (χ1n) is 7.45. The van der Waals surface area contributed by atoms with Crippen LogP contribution in [-0.4, -0.2) is 16.8 Å². The monoisotopic (exact) mass is 319 g/mol. The maximum Gasteiger partial charge on any atom is 0.0624 e. The van der Waals surface area contributed by atoms with Crippen LogP contribution in [0.3, 0.4) is 0 Å². The average Bonchev–Trinajstić information content (AvgIpc) is 3.17. The third kappa shape index (κ3) is 2.91. The Morgan fingerprint density at radius 3 is 2.81 bits per heavy atom. The van der Waals surface area contributed by atoms with Crippen LogP contribution in [-0.2, 0) is 19.4 Å². The summed E-state index contributed by atoms with van der Waals surface area (Å²) in [5.41, 5.74) is 2.51. The molecule has 1 unspecified atom stereocenters. The van der Waals surface area contributed by atoms with E-state index in [1.165, 1.54) is 25.7 Å². The minimum atomic E-state index is 0.362. The molecule has 0 bridgehead atoms. The van der Waals surface area contributed by atoms with Crippen molar-refractivity contribution in [3.8, 4) is 0 Å². The molecule has 1 atom stereocenters. The molecule has 3 aromatic rings. The van der Waals surface area contributed by atoms with E-state index in [0.29, 0.717) is 6.04 Å². The number of hydrogen-bond donors (Lipinski definition) is 1. The molecule has 0 fully saturated rings. The van der Waals surface area contributed by atoms with Gasteiger partial charge in [-0.2, -0.15) is 5.10 Å². The summed E-state index contributed by atoms with van der Waals surface area (Å²) in [7, 11) is 2.05. The second kappa shape index (κ2) is 6.30. The van der Waals surface area contributed by atoms with Crippen molar-refractivity contribution in [2.75, 3.05) is 7.05 Å². The number of aryl methyl sites for hydroxylation is 2. The van der Waals surface area contributed by atoms with Crippen LogP contribution in [0.5, 0.6) is 0 Å². The van der Waals surface area contributed by atoms with Crippen molar-refractivity contribution in [2.45, 2.75) is 39.3 Å². The normalized spacial score (nSPS) is 13.1. The lowest BCUT2D eigenvalue weighted by atomic mass is 10.1. The van der Waals surface area contributed by atoms with E-state index in [-0.39, 0.29) is 0 Å². The predicted octanol–water partition coefficient (Wildman–Crippen LogP) is 4.24. The summed E-state index contributed by atoms with van der Waals surface area (Å²) in [5.74, 6) is 0. The topological polar surface area (TPSA) is 29.9 Å². The number of aromatic nitrogens is 2. The number of thiophene rings is 2. The van der Waals surface area contributed by atoms with Crippen molar-refractivity contribution in [1.82, 2.24) is 15.1 Å². The van der Waals surface area contributed by atoms with Crippen LogP contribution >= 0.6 is 22.7 Å². The quantitative estimate of drug-likeness (QED) is 0.736. The summed E-state index contributed by atoms with van der Waals surface area (Å²) < 4.78 is 4.93. The van der Waals surface area contributed by atoms with Gasteiger partial charge in [0.05, 0.1) is 5.69 Å². The summed E-state index contributed by atoms with van der Waals surface area (Å²) in [6.07, 6.45) is 1.99.